The van der Waals surface area contributed by atoms with Crippen LogP contribution in [0.2, 0.25) is 0 Å². The van der Waals surface area contributed by atoms with Crippen LogP contribution in [-0.4, -0.2) is 42.9 Å². The predicted octanol–water partition coefficient (Wildman–Crippen LogP) is 3.84. The van der Waals surface area contributed by atoms with E-state index in [2.05, 4.69) is 0 Å². The average molecular weight is 396 g/mol. The Hall–Kier alpha value is -1.86. The molecule has 1 aromatic carbocycles. The molecule has 1 heterocycles. The number of para-hydroxylation sites is 1. The maximum atomic E-state index is 12.7. The summed E-state index contributed by atoms with van der Waals surface area (Å²) in [5, 5.41) is -0.0307. The smallest absolute Gasteiger partial charge is 0.340 e. The second kappa shape index (κ2) is 8.89. The fourth-order valence-electron chi connectivity index (χ4n) is 3.00. The number of carbonyl (C=O) groups is 1. The second-order valence-electron chi connectivity index (χ2n) is 7.17. The molecule has 0 amide bonds. The number of fused-ring (bicyclic) bond motifs is 1. The van der Waals surface area contributed by atoms with Gasteiger partial charge in [-0.05, 0) is 46.1 Å². The highest BCUT2D eigenvalue weighted by atomic mass is 32.2. The molecule has 2 unspecified atom stereocenters. The van der Waals surface area contributed by atoms with E-state index >= 15 is 0 Å². The van der Waals surface area contributed by atoms with Crippen molar-refractivity contribution in [3.05, 3.63) is 36.0 Å². The molecule has 0 saturated carbocycles. The Morgan fingerprint density at radius 2 is 1.81 bits per heavy atom. The van der Waals surface area contributed by atoms with Gasteiger partial charge in [-0.2, -0.15) is 0 Å². The summed E-state index contributed by atoms with van der Waals surface area (Å²) in [4.78, 5) is 12.7. The van der Waals surface area contributed by atoms with Gasteiger partial charge in [-0.25, -0.2) is 17.2 Å². The normalized spacial score (nSPS) is 14.4. The Morgan fingerprint density at radius 3 is 2.44 bits per heavy atom. The molecule has 2 rings (SSSR count). The molecule has 0 aliphatic heterocycles. The summed E-state index contributed by atoms with van der Waals surface area (Å²) in [6.07, 6.45) is 1.75. The third kappa shape index (κ3) is 4.90. The van der Waals surface area contributed by atoms with Crippen molar-refractivity contribution >= 4 is 26.9 Å². The van der Waals surface area contributed by atoms with Crippen molar-refractivity contribution in [3.8, 4) is 0 Å². The van der Waals surface area contributed by atoms with Gasteiger partial charge < -0.3 is 9.47 Å². The summed E-state index contributed by atoms with van der Waals surface area (Å²) in [5.41, 5.74) is 0.745. The Labute approximate surface area is 161 Å². The topological polar surface area (TPSA) is 74.6 Å². The van der Waals surface area contributed by atoms with E-state index in [4.69, 9.17) is 9.47 Å². The Balaban J connectivity index is 2.27. The molecule has 150 valence electrons. The first-order chi connectivity index (χ1) is 12.7. The average Bonchev–Trinajstić information content (AvgIpc) is 3.00. The Bertz CT molecular complexity index is 885. The summed E-state index contributed by atoms with van der Waals surface area (Å²) in [5.74, 6) is -0.254. The third-order valence-corrected chi connectivity index (χ3v) is 6.46. The minimum absolute atomic E-state index is 0.260. The molecule has 7 heteroatoms. The van der Waals surface area contributed by atoms with Crippen LogP contribution in [0.4, 0.5) is 0 Å². The zero-order valence-corrected chi connectivity index (χ0v) is 17.5. The zero-order chi connectivity index (χ0) is 20.2. The molecule has 0 radical (unpaired) electrons. The summed E-state index contributed by atoms with van der Waals surface area (Å²) in [6.45, 7) is 10.3. The summed E-state index contributed by atoms with van der Waals surface area (Å²) >= 11 is 0. The van der Waals surface area contributed by atoms with E-state index in [1.54, 1.807) is 38.1 Å². The highest BCUT2D eigenvalue weighted by Crippen LogP contribution is 2.26. The lowest BCUT2D eigenvalue weighted by Crippen LogP contribution is -2.22. The summed E-state index contributed by atoms with van der Waals surface area (Å²) < 4.78 is 37.5. The number of esters is 1. The molecule has 0 aliphatic rings. The molecule has 0 bridgehead atoms. The van der Waals surface area contributed by atoms with Crippen LogP contribution in [0, 0.1) is 5.92 Å². The van der Waals surface area contributed by atoms with Crippen LogP contribution in [0.1, 0.15) is 51.4 Å². The molecule has 0 N–H and O–H groups in total. The van der Waals surface area contributed by atoms with Crippen LogP contribution >= 0.6 is 0 Å². The third-order valence-electron chi connectivity index (χ3n) is 4.42. The monoisotopic (exact) mass is 395 g/mol. The van der Waals surface area contributed by atoms with Crippen molar-refractivity contribution in [2.45, 2.75) is 52.4 Å². The van der Waals surface area contributed by atoms with E-state index in [1.165, 1.54) is 10.2 Å². The van der Waals surface area contributed by atoms with Crippen LogP contribution < -0.4 is 0 Å². The van der Waals surface area contributed by atoms with Gasteiger partial charge in [-0.1, -0.05) is 25.1 Å². The minimum Gasteiger partial charge on any atom is -0.459 e. The van der Waals surface area contributed by atoms with E-state index in [0.717, 1.165) is 0 Å². The number of ether oxygens (including phenoxy) is 2. The molecule has 0 spiro atoms. The van der Waals surface area contributed by atoms with Crippen LogP contribution in [0.3, 0.4) is 0 Å². The molecular weight excluding hydrogens is 366 g/mol. The van der Waals surface area contributed by atoms with Gasteiger partial charge in [0.1, 0.15) is 0 Å². The van der Waals surface area contributed by atoms with Gasteiger partial charge in [0.2, 0.25) is 10.0 Å². The number of aromatic nitrogens is 1. The lowest BCUT2D eigenvalue weighted by molar-refractivity contribution is 0.0239. The maximum absolute atomic E-state index is 12.7. The number of nitrogens with zero attached hydrogens (tertiary/aromatic N) is 1. The van der Waals surface area contributed by atoms with Gasteiger partial charge in [0.15, 0.2) is 0 Å². The molecule has 2 atom stereocenters. The van der Waals surface area contributed by atoms with Crippen LogP contribution in [0.25, 0.3) is 10.9 Å². The van der Waals surface area contributed by atoms with E-state index in [9.17, 15) is 13.2 Å². The van der Waals surface area contributed by atoms with Gasteiger partial charge in [-0.3, -0.25) is 0 Å². The lowest BCUT2D eigenvalue weighted by Gasteiger charge is -2.17. The van der Waals surface area contributed by atoms with Crippen molar-refractivity contribution in [1.82, 2.24) is 3.97 Å². The van der Waals surface area contributed by atoms with Gasteiger partial charge in [0, 0.05) is 24.8 Å². The molecule has 0 saturated heterocycles. The SMILES string of the molecule is CCOCC(C)CC(C)OC(=O)c1cn(S(=O)(=O)C(C)C)c2ccccc12. The number of benzene rings is 1. The molecule has 6 nitrogen and oxygen atoms in total. The van der Waals surface area contributed by atoms with Gasteiger partial charge in [-0.15, -0.1) is 0 Å². The first-order valence-corrected chi connectivity index (χ1v) is 10.8. The van der Waals surface area contributed by atoms with E-state index in [0.29, 0.717) is 30.5 Å². The first kappa shape index (κ1) is 21.4. The molecule has 0 fully saturated rings. The van der Waals surface area contributed by atoms with Crippen LogP contribution in [0.5, 0.6) is 0 Å². The predicted molar refractivity (Wildman–Crippen MR) is 107 cm³/mol. The maximum Gasteiger partial charge on any atom is 0.340 e. The lowest BCUT2D eigenvalue weighted by atomic mass is 10.1. The van der Waals surface area contributed by atoms with Crippen molar-refractivity contribution in [2.24, 2.45) is 5.92 Å². The quantitative estimate of drug-likeness (QED) is 0.603. The largest absolute Gasteiger partial charge is 0.459 e. The fourth-order valence-corrected chi connectivity index (χ4v) is 4.14. The first-order valence-electron chi connectivity index (χ1n) is 9.31. The second-order valence-corrected chi connectivity index (χ2v) is 9.53. The molecular formula is C20H29NO5S. The highest BCUT2D eigenvalue weighted by Gasteiger charge is 2.26. The van der Waals surface area contributed by atoms with Crippen molar-refractivity contribution in [2.75, 3.05) is 13.2 Å². The number of hydrogen-bond donors (Lipinski definition) is 0. The Morgan fingerprint density at radius 1 is 1.15 bits per heavy atom. The number of hydrogen-bond acceptors (Lipinski definition) is 5. The minimum atomic E-state index is -3.58. The highest BCUT2D eigenvalue weighted by molar-refractivity contribution is 7.90. The van der Waals surface area contributed by atoms with Gasteiger partial charge >= 0.3 is 5.97 Å². The number of rotatable bonds is 9. The Kier molecular flexibility index (Phi) is 7.06. The number of carbonyl (C=O) groups excluding carboxylic acids is 1. The molecule has 0 aliphatic carbocycles. The van der Waals surface area contributed by atoms with Gasteiger partial charge in [0.25, 0.3) is 0 Å². The van der Waals surface area contributed by atoms with Crippen molar-refractivity contribution < 1.29 is 22.7 Å². The molecule has 1 aromatic heterocycles. The van der Waals surface area contributed by atoms with Gasteiger partial charge in [0.05, 0.1) is 22.4 Å². The summed E-state index contributed by atoms with van der Waals surface area (Å²) in [6, 6.07) is 6.96. The van der Waals surface area contributed by atoms with Crippen molar-refractivity contribution in [1.29, 1.82) is 0 Å². The van der Waals surface area contributed by atoms with Crippen molar-refractivity contribution in [3.63, 3.8) is 0 Å². The van der Waals surface area contributed by atoms with Crippen LogP contribution in [0.15, 0.2) is 30.5 Å². The van der Waals surface area contributed by atoms with E-state index < -0.39 is 21.2 Å². The van der Waals surface area contributed by atoms with E-state index in [1.807, 2.05) is 20.8 Å². The molecule has 27 heavy (non-hydrogen) atoms. The molecule has 2 aromatic rings. The summed E-state index contributed by atoms with van der Waals surface area (Å²) in [7, 11) is -3.58. The van der Waals surface area contributed by atoms with Crippen LogP contribution in [-0.2, 0) is 19.5 Å². The standard InChI is InChI=1S/C20H29NO5S/c1-6-25-13-15(4)11-16(5)26-20(22)18-12-21(27(23,24)14(2)3)19-10-8-7-9-17(18)19/h7-10,12,14-16H,6,11,13H2,1-5H3. The zero-order valence-electron chi connectivity index (χ0n) is 16.6. The fraction of sp³-hybridized carbons (Fsp3) is 0.550. The van der Waals surface area contributed by atoms with E-state index in [-0.39, 0.29) is 17.6 Å².